The summed E-state index contributed by atoms with van der Waals surface area (Å²) >= 11 is 0. The van der Waals surface area contributed by atoms with E-state index in [-0.39, 0.29) is 31.1 Å². The number of rotatable bonds is 14. The first-order chi connectivity index (χ1) is 15.6. The highest BCUT2D eigenvalue weighted by atomic mass is 16.5. The third kappa shape index (κ3) is 10.8. The van der Waals surface area contributed by atoms with Gasteiger partial charge in [-0.05, 0) is 31.2 Å². The van der Waals surface area contributed by atoms with Crippen molar-refractivity contribution in [3.63, 3.8) is 0 Å². The number of hydroxylamine groups is 2. The molecule has 0 aliphatic carbocycles. The predicted octanol–water partition coefficient (Wildman–Crippen LogP) is 1.26. The van der Waals surface area contributed by atoms with Gasteiger partial charge < -0.3 is 30.7 Å². The lowest BCUT2D eigenvalue weighted by atomic mass is 10.1. The van der Waals surface area contributed by atoms with Crippen molar-refractivity contribution in [1.82, 2.24) is 15.7 Å². The topological polar surface area (TPSA) is 203 Å². The van der Waals surface area contributed by atoms with E-state index in [1.807, 2.05) is 23.5 Å². The number of nitrogens with one attached hydrogen (secondary N) is 2. The summed E-state index contributed by atoms with van der Waals surface area (Å²) in [5, 5.41) is 41.0. The van der Waals surface area contributed by atoms with E-state index in [2.05, 4.69) is 5.32 Å². The van der Waals surface area contributed by atoms with Crippen LogP contribution in [0, 0.1) is 0 Å². The van der Waals surface area contributed by atoms with E-state index in [1.165, 1.54) is 0 Å². The summed E-state index contributed by atoms with van der Waals surface area (Å²) in [6.45, 7) is 0.289. The summed E-state index contributed by atoms with van der Waals surface area (Å²) < 4.78 is 5.03. The SMILES string of the molecule is O=C(O)CCC(C(=O)O)N(O)C(=O)NC(CCCCNC(=O)OCc1ccccc1)C(=O)O. The number of unbranched alkanes of at least 4 members (excludes halogenated alkanes) is 1. The molecule has 33 heavy (non-hydrogen) atoms. The maximum atomic E-state index is 12.0. The maximum Gasteiger partial charge on any atom is 0.407 e. The molecule has 1 aromatic carbocycles. The second-order valence-corrected chi connectivity index (χ2v) is 6.96. The first-order valence-corrected chi connectivity index (χ1v) is 10.0. The molecule has 6 N–H and O–H groups in total. The Hall–Kier alpha value is -3.87. The number of benzene rings is 1. The Labute approximate surface area is 188 Å². The van der Waals surface area contributed by atoms with Crippen molar-refractivity contribution in [3.05, 3.63) is 35.9 Å². The van der Waals surface area contributed by atoms with Gasteiger partial charge >= 0.3 is 30.0 Å². The zero-order chi connectivity index (χ0) is 24.8. The van der Waals surface area contributed by atoms with Gasteiger partial charge in [0.25, 0.3) is 0 Å². The van der Waals surface area contributed by atoms with E-state index in [9.17, 15) is 34.3 Å². The van der Waals surface area contributed by atoms with Crippen LogP contribution in [0.15, 0.2) is 30.3 Å². The number of alkyl carbamates (subject to hydrolysis) is 1. The average Bonchev–Trinajstić information content (AvgIpc) is 2.76. The zero-order valence-corrected chi connectivity index (χ0v) is 17.7. The average molecular weight is 469 g/mol. The normalized spacial score (nSPS) is 12.2. The lowest BCUT2D eigenvalue weighted by Gasteiger charge is -2.24. The molecule has 0 aliphatic rings. The van der Waals surface area contributed by atoms with Gasteiger partial charge in [0, 0.05) is 13.0 Å². The molecule has 0 bridgehead atoms. The molecule has 1 aromatic rings. The van der Waals surface area contributed by atoms with Crippen molar-refractivity contribution in [2.24, 2.45) is 0 Å². The Morgan fingerprint density at radius 2 is 1.61 bits per heavy atom. The standard InChI is InChI=1S/C20H27N3O10/c24-16(25)10-9-15(18(28)29)23(32)19(30)22-14(17(26)27)8-4-5-11-21-20(31)33-12-13-6-2-1-3-7-13/h1-3,6-7,14-15,32H,4-5,8-12H2,(H,21,31)(H,22,30)(H,24,25)(H,26,27)(H,28,29). The van der Waals surface area contributed by atoms with E-state index < -0.39 is 55.0 Å². The number of aliphatic carboxylic acids is 3. The molecule has 2 atom stereocenters. The number of carbonyl (C=O) groups excluding carboxylic acids is 2. The molecule has 0 heterocycles. The van der Waals surface area contributed by atoms with Crippen molar-refractivity contribution in [2.75, 3.05) is 6.54 Å². The lowest BCUT2D eigenvalue weighted by molar-refractivity contribution is -0.158. The van der Waals surface area contributed by atoms with E-state index in [0.717, 1.165) is 5.56 Å². The highest BCUT2D eigenvalue weighted by Crippen LogP contribution is 2.08. The molecule has 0 saturated carbocycles. The Kier molecular flexibility index (Phi) is 11.7. The summed E-state index contributed by atoms with van der Waals surface area (Å²) in [7, 11) is 0. The van der Waals surface area contributed by atoms with Crippen molar-refractivity contribution in [1.29, 1.82) is 0 Å². The third-order valence-electron chi connectivity index (χ3n) is 4.42. The lowest BCUT2D eigenvalue weighted by Crippen LogP contribution is -2.52. The number of amides is 3. The molecule has 0 saturated heterocycles. The largest absolute Gasteiger partial charge is 0.481 e. The van der Waals surface area contributed by atoms with Crippen LogP contribution in [0.4, 0.5) is 9.59 Å². The minimum absolute atomic E-state index is 0.0669. The van der Waals surface area contributed by atoms with Crippen molar-refractivity contribution in [3.8, 4) is 0 Å². The van der Waals surface area contributed by atoms with Gasteiger partial charge in [0.05, 0.1) is 0 Å². The predicted molar refractivity (Wildman–Crippen MR) is 110 cm³/mol. The summed E-state index contributed by atoms with van der Waals surface area (Å²) in [5.41, 5.74) is 0.818. The molecule has 0 spiro atoms. The Morgan fingerprint density at radius 3 is 2.18 bits per heavy atom. The molecular weight excluding hydrogens is 442 g/mol. The molecule has 1 rings (SSSR count). The van der Waals surface area contributed by atoms with E-state index >= 15 is 0 Å². The smallest absolute Gasteiger partial charge is 0.407 e. The van der Waals surface area contributed by atoms with Crippen LogP contribution in [-0.2, 0) is 25.7 Å². The van der Waals surface area contributed by atoms with Crippen LogP contribution >= 0.6 is 0 Å². The zero-order valence-electron chi connectivity index (χ0n) is 17.7. The van der Waals surface area contributed by atoms with Gasteiger partial charge in [-0.1, -0.05) is 30.3 Å². The molecule has 0 radical (unpaired) electrons. The number of ether oxygens (including phenoxy) is 1. The molecule has 2 unspecified atom stereocenters. The van der Waals surface area contributed by atoms with Crippen LogP contribution in [0.2, 0.25) is 0 Å². The molecule has 0 fully saturated rings. The highest BCUT2D eigenvalue weighted by Gasteiger charge is 2.31. The Morgan fingerprint density at radius 1 is 0.939 bits per heavy atom. The van der Waals surface area contributed by atoms with Gasteiger partial charge in [-0.2, -0.15) is 5.06 Å². The fraction of sp³-hybridized carbons (Fsp3) is 0.450. The molecule has 13 heteroatoms. The molecule has 0 aliphatic heterocycles. The first kappa shape index (κ1) is 27.2. The monoisotopic (exact) mass is 469 g/mol. The number of hydrogen-bond acceptors (Lipinski definition) is 7. The van der Waals surface area contributed by atoms with Gasteiger partial charge in [0.1, 0.15) is 12.6 Å². The number of nitrogens with zero attached hydrogens (tertiary/aromatic N) is 1. The van der Waals surface area contributed by atoms with Crippen LogP contribution < -0.4 is 10.6 Å². The van der Waals surface area contributed by atoms with Gasteiger partial charge in [-0.25, -0.2) is 19.2 Å². The number of urea groups is 1. The van der Waals surface area contributed by atoms with Crippen molar-refractivity contribution >= 4 is 30.0 Å². The number of carboxylic acids is 3. The van der Waals surface area contributed by atoms with Crippen LogP contribution in [0.1, 0.15) is 37.7 Å². The number of carboxylic acid groups (broad SMARTS) is 3. The summed E-state index contributed by atoms with van der Waals surface area (Å²) in [6, 6.07) is 4.36. The maximum absolute atomic E-state index is 12.0. The summed E-state index contributed by atoms with van der Waals surface area (Å²) in [4.78, 5) is 56.8. The minimum Gasteiger partial charge on any atom is -0.481 e. The van der Waals surface area contributed by atoms with Gasteiger partial charge in [-0.15, -0.1) is 0 Å². The van der Waals surface area contributed by atoms with Crippen LogP contribution in [0.3, 0.4) is 0 Å². The van der Waals surface area contributed by atoms with Crippen LogP contribution in [-0.4, -0.2) is 74.3 Å². The fourth-order valence-corrected chi connectivity index (χ4v) is 2.66. The van der Waals surface area contributed by atoms with Gasteiger partial charge in [0.2, 0.25) is 0 Å². The third-order valence-corrected chi connectivity index (χ3v) is 4.42. The Bertz CT molecular complexity index is 818. The van der Waals surface area contributed by atoms with Gasteiger partial charge in [-0.3, -0.25) is 10.0 Å². The summed E-state index contributed by atoms with van der Waals surface area (Å²) in [5.74, 6) is -4.38. The highest BCUT2D eigenvalue weighted by molar-refractivity contribution is 5.85. The van der Waals surface area contributed by atoms with Gasteiger partial charge in [0.15, 0.2) is 6.04 Å². The molecule has 182 valence electrons. The van der Waals surface area contributed by atoms with E-state index in [1.54, 1.807) is 12.1 Å². The molecular formula is C20H27N3O10. The number of carbonyl (C=O) groups is 5. The molecule has 0 aromatic heterocycles. The van der Waals surface area contributed by atoms with Crippen LogP contribution in [0.25, 0.3) is 0 Å². The fourth-order valence-electron chi connectivity index (χ4n) is 2.66. The summed E-state index contributed by atoms with van der Waals surface area (Å²) in [6.07, 6.45) is -1.27. The van der Waals surface area contributed by atoms with Crippen LogP contribution in [0.5, 0.6) is 0 Å². The number of hydrogen-bond donors (Lipinski definition) is 6. The van der Waals surface area contributed by atoms with Crippen molar-refractivity contribution in [2.45, 2.75) is 50.8 Å². The quantitative estimate of drug-likeness (QED) is 0.131. The van der Waals surface area contributed by atoms with Crippen molar-refractivity contribution < 1.29 is 49.2 Å². The first-order valence-electron chi connectivity index (χ1n) is 10.0. The minimum atomic E-state index is -1.86. The van der Waals surface area contributed by atoms with E-state index in [0.29, 0.717) is 6.42 Å². The molecule has 3 amide bonds. The second-order valence-electron chi connectivity index (χ2n) is 6.96. The van der Waals surface area contributed by atoms with E-state index in [4.69, 9.17) is 14.9 Å². The Balaban J connectivity index is 2.39. The molecule has 13 nitrogen and oxygen atoms in total. The second kappa shape index (κ2) is 14.2.